The Morgan fingerprint density at radius 1 is 1.20 bits per heavy atom. The molecule has 1 amide bonds. The van der Waals surface area contributed by atoms with Crippen molar-refractivity contribution < 1.29 is 4.79 Å². The molecule has 1 aromatic heterocycles. The van der Waals surface area contributed by atoms with Crippen LogP contribution in [0.4, 0.5) is 5.69 Å². The summed E-state index contributed by atoms with van der Waals surface area (Å²) in [6.07, 6.45) is 4.00. The van der Waals surface area contributed by atoms with Crippen LogP contribution in [0.1, 0.15) is 5.56 Å². The van der Waals surface area contributed by atoms with Gasteiger partial charge in [-0.1, -0.05) is 18.2 Å². The number of aromatic nitrogens is 2. The number of amides is 1. The predicted molar refractivity (Wildman–Crippen MR) is 57.4 cm³/mol. The largest absolute Gasteiger partial charge is 0.326 e. The van der Waals surface area contributed by atoms with E-state index in [1.165, 1.54) is 0 Å². The Bertz CT molecular complexity index is 393. The van der Waals surface area contributed by atoms with Crippen molar-refractivity contribution in [1.29, 1.82) is 0 Å². The van der Waals surface area contributed by atoms with Gasteiger partial charge in [0.2, 0.25) is 5.91 Å². The summed E-state index contributed by atoms with van der Waals surface area (Å²) in [6, 6.07) is 9.58. The Morgan fingerprint density at radius 2 is 2.07 bits per heavy atom. The SMILES string of the molecule is O=C1Cc2ccccc2N1.c1cn[nH]c1. The van der Waals surface area contributed by atoms with Gasteiger partial charge in [-0.05, 0) is 17.7 Å². The van der Waals surface area contributed by atoms with Gasteiger partial charge in [-0.15, -0.1) is 0 Å². The molecule has 0 fully saturated rings. The molecular formula is C11H11N3O. The highest BCUT2D eigenvalue weighted by Gasteiger charge is 2.15. The maximum Gasteiger partial charge on any atom is 0.228 e. The van der Waals surface area contributed by atoms with Gasteiger partial charge in [-0.3, -0.25) is 9.89 Å². The molecule has 1 aliphatic heterocycles. The van der Waals surface area contributed by atoms with Crippen LogP contribution in [0, 0.1) is 0 Å². The molecule has 0 bridgehead atoms. The number of hydrogen-bond donors (Lipinski definition) is 2. The standard InChI is InChI=1S/C8H7NO.C3H4N2/c10-8-5-6-3-1-2-4-7(6)9-8;1-2-4-5-3-1/h1-4H,5H2,(H,9,10);1-3H,(H,4,5). The molecule has 4 heteroatoms. The van der Waals surface area contributed by atoms with Crippen molar-refractivity contribution in [3.63, 3.8) is 0 Å². The minimum absolute atomic E-state index is 0.0983. The van der Waals surface area contributed by atoms with Gasteiger partial charge in [0.15, 0.2) is 0 Å². The zero-order valence-corrected chi connectivity index (χ0v) is 8.10. The number of benzene rings is 1. The van der Waals surface area contributed by atoms with Crippen molar-refractivity contribution in [3.8, 4) is 0 Å². The third kappa shape index (κ3) is 2.43. The summed E-state index contributed by atoms with van der Waals surface area (Å²) in [7, 11) is 0. The van der Waals surface area contributed by atoms with E-state index in [0.29, 0.717) is 6.42 Å². The van der Waals surface area contributed by atoms with E-state index in [4.69, 9.17) is 0 Å². The average Bonchev–Trinajstić information content (AvgIpc) is 2.87. The molecule has 0 spiro atoms. The zero-order valence-electron chi connectivity index (χ0n) is 8.10. The number of H-pyrrole nitrogens is 1. The Morgan fingerprint density at radius 3 is 2.67 bits per heavy atom. The monoisotopic (exact) mass is 201 g/mol. The summed E-state index contributed by atoms with van der Waals surface area (Å²) in [5, 5.41) is 8.97. The second kappa shape index (κ2) is 4.41. The summed E-state index contributed by atoms with van der Waals surface area (Å²) >= 11 is 0. The van der Waals surface area contributed by atoms with Crippen molar-refractivity contribution in [2.45, 2.75) is 6.42 Å². The molecule has 0 saturated heterocycles. The van der Waals surface area contributed by atoms with Gasteiger partial charge < -0.3 is 5.32 Å². The number of hydrogen-bond acceptors (Lipinski definition) is 2. The molecule has 0 unspecified atom stereocenters. The van der Waals surface area contributed by atoms with Crippen LogP contribution < -0.4 is 5.32 Å². The number of para-hydroxylation sites is 1. The number of fused-ring (bicyclic) bond motifs is 1. The fourth-order valence-electron chi connectivity index (χ4n) is 1.38. The number of nitrogens with zero attached hydrogens (tertiary/aromatic N) is 1. The highest BCUT2D eigenvalue weighted by Crippen LogP contribution is 2.20. The lowest BCUT2D eigenvalue weighted by Gasteiger charge is -1.93. The molecule has 1 aliphatic rings. The van der Waals surface area contributed by atoms with Crippen molar-refractivity contribution in [1.82, 2.24) is 10.2 Å². The molecule has 0 saturated carbocycles. The number of carbonyl (C=O) groups is 1. The number of carbonyl (C=O) groups excluding carboxylic acids is 1. The van der Waals surface area contributed by atoms with Crippen LogP contribution in [0.3, 0.4) is 0 Å². The molecule has 0 atom stereocenters. The lowest BCUT2D eigenvalue weighted by Crippen LogP contribution is -2.03. The van der Waals surface area contributed by atoms with Crippen molar-refractivity contribution in [3.05, 3.63) is 48.3 Å². The highest BCUT2D eigenvalue weighted by molar-refractivity contribution is 5.98. The van der Waals surface area contributed by atoms with Crippen LogP contribution in [0.15, 0.2) is 42.7 Å². The first-order chi connectivity index (χ1) is 7.36. The minimum atomic E-state index is 0.0983. The Kier molecular flexibility index (Phi) is 2.78. The summed E-state index contributed by atoms with van der Waals surface area (Å²) in [5.74, 6) is 0.0983. The van der Waals surface area contributed by atoms with E-state index in [0.717, 1.165) is 11.3 Å². The second-order valence-electron chi connectivity index (χ2n) is 3.15. The topological polar surface area (TPSA) is 57.8 Å². The summed E-state index contributed by atoms with van der Waals surface area (Å²) in [6.45, 7) is 0. The first-order valence-corrected chi connectivity index (χ1v) is 4.68. The average molecular weight is 201 g/mol. The zero-order chi connectivity index (χ0) is 10.5. The van der Waals surface area contributed by atoms with Crippen LogP contribution in [0.5, 0.6) is 0 Å². The maximum atomic E-state index is 10.8. The van der Waals surface area contributed by atoms with E-state index in [2.05, 4.69) is 15.5 Å². The van der Waals surface area contributed by atoms with Gasteiger partial charge in [-0.25, -0.2) is 0 Å². The van der Waals surface area contributed by atoms with Crippen LogP contribution in [0.2, 0.25) is 0 Å². The normalized spacial score (nSPS) is 12.4. The Balaban J connectivity index is 0.000000144. The van der Waals surface area contributed by atoms with Crippen LogP contribution in [0.25, 0.3) is 0 Å². The third-order valence-electron chi connectivity index (χ3n) is 2.05. The summed E-state index contributed by atoms with van der Waals surface area (Å²) in [4.78, 5) is 10.8. The van der Waals surface area contributed by atoms with Gasteiger partial charge in [0.25, 0.3) is 0 Å². The van der Waals surface area contributed by atoms with E-state index >= 15 is 0 Å². The summed E-state index contributed by atoms with van der Waals surface area (Å²) in [5.41, 5.74) is 2.07. The molecule has 0 radical (unpaired) electrons. The van der Waals surface area contributed by atoms with Crippen molar-refractivity contribution in [2.75, 3.05) is 5.32 Å². The molecule has 2 heterocycles. The number of rotatable bonds is 0. The van der Waals surface area contributed by atoms with Crippen LogP contribution in [-0.4, -0.2) is 16.1 Å². The van der Waals surface area contributed by atoms with Gasteiger partial charge in [0.05, 0.1) is 6.42 Å². The second-order valence-corrected chi connectivity index (χ2v) is 3.15. The number of aromatic amines is 1. The van der Waals surface area contributed by atoms with E-state index in [9.17, 15) is 4.79 Å². The highest BCUT2D eigenvalue weighted by atomic mass is 16.1. The lowest BCUT2D eigenvalue weighted by atomic mass is 10.2. The van der Waals surface area contributed by atoms with Gasteiger partial charge >= 0.3 is 0 Å². The maximum absolute atomic E-state index is 10.8. The first kappa shape index (κ1) is 9.45. The van der Waals surface area contributed by atoms with Gasteiger partial charge in [0, 0.05) is 18.1 Å². The third-order valence-corrected chi connectivity index (χ3v) is 2.05. The first-order valence-electron chi connectivity index (χ1n) is 4.68. The molecule has 15 heavy (non-hydrogen) atoms. The summed E-state index contributed by atoms with van der Waals surface area (Å²) < 4.78 is 0. The molecule has 2 aromatic rings. The number of anilines is 1. The minimum Gasteiger partial charge on any atom is -0.326 e. The fourth-order valence-corrected chi connectivity index (χ4v) is 1.38. The van der Waals surface area contributed by atoms with E-state index in [1.807, 2.05) is 30.3 Å². The van der Waals surface area contributed by atoms with Gasteiger partial charge in [-0.2, -0.15) is 5.10 Å². The Labute approximate surface area is 87.3 Å². The fraction of sp³-hybridized carbons (Fsp3) is 0.0909. The molecule has 0 aliphatic carbocycles. The molecule has 3 rings (SSSR count). The molecule has 4 nitrogen and oxygen atoms in total. The van der Waals surface area contributed by atoms with Crippen LogP contribution >= 0.6 is 0 Å². The smallest absolute Gasteiger partial charge is 0.228 e. The Hall–Kier alpha value is -2.10. The molecule has 76 valence electrons. The van der Waals surface area contributed by atoms with E-state index in [-0.39, 0.29) is 5.91 Å². The predicted octanol–water partition coefficient (Wildman–Crippen LogP) is 1.59. The van der Waals surface area contributed by atoms with Crippen LogP contribution in [-0.2, 0) is 11.2 Å². The van der Waals surface area contributed by atoms with Gasteiger partial charge in [0.1, 0.15) is 0 Å². The quantitative estimate of drug-likeness (QED) is 0.680. The lowest BCUT2D eigenvalue weighted by molar-refractivity contribution is -0.115. The molecular weight excluding hydrogens is 190 g/mol. The van der Waals surface area contributed by atoms with E-state index in [1.54, 1.807) is 12.4 Å². The number of nitrogens with one attached hydrogen (secondary N) is 2. The van der Waals surface area contributed by atoms with E-state index < -0.39 is 0 Å². The van der Waals surface area contributed by atoms with Crippen molar-refractivity contribution >= 4 is 11.6 Å². The molecule has 1 aromatic carbocycles. The van der Waals surface area contributed by atoms with Crippen molar-refractivity contribution in [2.24, 2.45) is 0 Å². The molecule has 2 N–H and O–H groups in total.